The van der Waals surface area contributed by atoms with Gasteiger partial charge < -0.3 is 9.88 Å². The summed E-state index contributed by atoms with van der Waals surface area (Å²) in [5.41, 5.74) is 5.44. The van der Waals surface area contributed by atoms with Gasteiger partial charge in [-0.2, -0.15) is 0 Å². The number of carbonyl (C=O) groups is 1. The monoisotopic (exact) mass is 325 g/mol. The summed E-state index contributed by atoms with van der Waals surface area (Å²) in [6.07, 6.45) is 1.90. The average Bonchev–Trinajstić information content (AvgIpc) is 3.00. The van der Waals surface area contributed by atoms with Gasteiger partial charge in [0.2, 0.25) is 0 Å². The molecular weight excluding hydrogens is 306 g/mol. The summed E-state index contributed by atoms with van der Waals surface area (Å²) < 4.78 is 2.05. The average molecular weight is 325 g/mol. The number of hydrogen-bond acceptors (Lipinski definition) is 3. The van der Waals surface area contributed by atoms with Crippen LogP contribution < -0.4 is 5.32 Å². The van der Waals surface area contributed by atoms with Crippen LogP contribution in [-0.2, 0) is 11.8 Å². The van der Waals surface area contributed by atoms with Crippen LogP contribution in [0.5, 0.6) is 0 Å². The Labute approximate surface area is 140 Å². The minimum atomic E-state index is -0.101. The van der Waals surface area contributed by atoms with Gasteiger partial charge in [-0.25, -0.2) is 4.99 Å². The van der Waals surface area contributed by atoms with Crippen molar-refractivity contribution in [2.45, 2.75) is 20.8 Å². The van der Waals surface area contributed by atoms with Crippen molar-refractivity contribution in [1.29, 1.82) is 0 Å². The zero-order valence-corrected chi connectivity index (χ0v) is 14.5. The van der Waals surface area contributed by atoms with Gasteiger partial charge in [-0.1, -0.05) is 6.07 Å². The lowest BCUT2D eigenvalue weighted by atomic mass is 10.1. The van der Waals surface area contributed by atoms with Crippen LogP contribution in [0.1, 0.15) is 22.5 Å². The lowest BCUT2D eigenvalue weighted by molar-refractivity contribution is -0.115. The first-order valence-corrected chi connectivity index (χ1v) is 8.25. The van der Waals surface area contributed by atoms with E-state index >= 15 is 0 Å². The maximum Gasteiger partial charge on any atom is 0.264 e. The summed E-state index contributed by atoms with van der Waals surface area (Å²) >= 11 is 1.37. The number of benzene rings is 1. The van der Waals surface area contributed by atoms with Gasteiger partial charge in [0.05, 0.1) is 10.6 Å². The summed E-state index contributed by atoms with van der Waals surface area (Å²) in [4.78, 5) is 17.3. The smallest absolute Gasteiger partial charge is 0.264 e. The van der Waals surface area contributed by atoms with Crippen molar-refractivity contribution in [1.82, 2.24) is 9.88 Å². The van der Waals surface area contributed by atoms with Crippen LogP contribution in [0.4, 0.5) is 5.69 Å². The normalized spacial score (nSPS) is 18.0. The Morgan fingerprint density at radius 2 is 1.91 bits per heavy atom. The van der Waals surface area contributed by atoms with E-state index in [-0.39, 0.29) is 5.91 Å². The number of thioether (sulfide) groups is 1. The predicted molar refractivity (Wildman–Crippen MR) is 96.9 cm³/mol. The van der Waals surface area contributed by atoms with Gasteiger partial charge in [0, 0.05) is 18.4 Å². The van der Waals surface area contributed by atoms with E-state index in [1.807, 2.05) is 50.4 Å². The van der Waals surface area contributed by atoms with Crippen LogP contribution >= 0.6 is 11.8 Å². The summed E-state index contributed by atoms with van der Waals surface area (Å²) in [7, 11) is 1.99. The maximum absolute atomic E-state index is 12.1. The second-order valence-corrected chi connectivity index (χ2v) is 6.74. The molecule has 4 nitrogen and oxygen atoms in total. The second-order valence-electron chi connectivity index (χ2n) is 5.71. The molecule has 23 heavy (non-hydrogen) atoms. The molecule has 2 heterocycles. The van der Waals surface area contributed by atoms with E-state index < -0.39 is 0 Å². The summed E-state index contributed by atoms with van der Waals surface area (Å²) in [6, 6.07) is 10.1. The molecule has 5 heteroatoms. The molecule has 1 amide bonds. The summed E-state index contributed by atoms with van der Waals surface area (Å²) in [5.74, 6) is -0.101. The van der Waals surface area contributed by atoms with Crippen molar-refractivity contribution in [3.8, 4) is 0 Å². The highest BCUT2D eigenvalue weighted by Gasteiger charge is 2.24. The van der Waals surface area contributed by atoms with Crippen molar-refractivity contribution in [3.63, 3.8) is 0 Å². The van der Waals surface area contributed by atoms with Crippen molar-refractivity contribution in [2.75, 3.05) is 0 Å². The Balaban J connectivity index is 1.86. The molecule has 1 N–H and O–H groups in total. The molecule has 0 aliphatic carbocycles. The van der Waals surface area contributed by atoms with Crippen LogP contribution in [0.25, 0.3) is 6.08 Å². The standard InChI is InChI=1S/C18H19N3OS/c1-11-5-7-14(9-12(11)2)19-18-20-17(22)16(23-18)10-15-8-6-13(3)21(15)4/h5-10H,1-4H3,(H,19,20,22)/b16-10-. The molecule has 3 rings (SSSR count). The second kappa shape index (κ2) is 6.08. The van der Waals surface area contributed by atoms with Gasteiger partial charge in [0.15, 0.2) is 5.17 Å². The van der Waals surface area contributed by atoms with Gasteiger partial charge in [-0.3, -0.25) is 4.79 Å². The molecule has 1 aromatic carbocycles. The van der Waals surface area contributed by atoms with E-state index in [2.05, 4.69) is 28.7 Å². The van der Waals surface area contributed by atoms with Crippen molar-refractivity contribution < 1.29 is 4.79 Å². The minimum Gasteiger partial charge on any atom is -0.348 e. The molecule has 1 aromatic heterocycles. The first-order chi connectivity index (χ1) is 10.9. The van der Waals surface area contributed by atoms with E-state index in [9.17, 15) is 4.79 Å². The zero-order valence-electron chi connectivity index (χ0n) is 13.7. The number of aryl methyl sites for hydroxylation is 3. The molecule has 118 valence electrons. The van der Waals surface area contributed by atoms with E-state index in [0.29, 0.717) is 10.1 Å². The molecule has 0 unspecified atom stereocenters. The highest BCUT2D eigenvalue weighted by atomic mass is 32.2. The molecule has 1 aliphatic heterocycles. The third-order valence-electron chi connectivity index (χ3n) is 4.06. The molecule has 0 saturated carbocycles. The van der Waals surface area contributed by atoms with Gasteiger partial charge in [-0.15, -0.1) is 0 Å². The number of amides is 1. The molecule has 1 aliphatic rings. The van der Waals surface area contributed by atoms with Crippen LogP contribution in [0.2, 0.25) is 0 Å². The molecule has 0 radical (unpaired) electrons. The predicted octanol–water partition coefficient (Wildman–Crippen LogP) is 3.84. The van der Waals surface area contributed by atoms with Crippen LogP contribution in [0, 0.1) is 20.8 Å². The lowest BCUT2D eigenvalue weighted by Crippen LogP contribution is -2.19. The molecule has 2 aromatic rings. The number of carbonyl (C=O) groups excluding carboxylic acids is 1. The molecule has 1 fully saturated rings. The van der Waals surface area contributed by atoms with Crippen LogP contribution in [0.3, 0.4) is 0 Å². The number of nitrogens with one attached hydrogen (secondary N) is 1. The topological polar surface area (TPSA) is 46.4 Å². The SMILES string of the molecule is Cc1ccc(N=C2NC(=O)/C(=C/c3ccc(C)n3C)S2)cc1C. The van der Waals surface area contributed by atoms with Gasteiger partial charge in [0.25, 0.3) is 5.91 Å². The van der Waals surface area contributed by atoms with Crippen molar-refractivity contribution >= 4 is 34.6 Å². The fourth-order valence-electron chi connectivity index (χ4n) is 2.31. The van der Waals surface area contributed by atoms with Crippen molar-refractivity contribution in [3.05, 3.63) is 57.8 Å². The van der Waals surface area contributed by atoms with E-state index in [0.717, 1.165) is 17.1 Å². The summed E-state index contributed by atoms with van der Waals surface area (Å²) in [6.45, 7) is 6.17. The first-order valence-electron chi connectivity index (χ1n) is 7.43. The van der Waals surface area contributed by atoms with Crippen LogP contribution in [0.15, 0.2) is 40.2 Å². The van der Waals surface area contributed by atoms with E-state index in [1.54, 1.807) is 0 Å². The number of amidine groups is 1. The first kappa shape index (κ1) is 15.6. The Bertz CT molecular complexity index is 846. The molecule has 0 bridgehead atoms. The van der Waals surface area contributed by atoms with E-state index in [1.165, 1.54) is 22.9 Å². The van der Waals surface area contributed by atoms with Gasteiger partial charge >= 0.3 is 0 Å². The zero-order chi connectivity index (χ0) is 16.6. The Hall–Kier alpha value is -2.27. The Morgan fingerprint density at radius 1 is 1.13 bits per heavy atom. The third-order valence-corrected chi connectivity index (χ3v) is 4.97. The molecule has 1 saturated heterocycles. The number of nitrogens with zero attached hydrogens (tertiary/aromatic N) is 2. The number of hydrogen-bond donors (Lipinski definition) is 1. The molecular formula is C18H19N3OS. The number of aromatic nitrogens is 1. The van der Waals surface area contributed by atoms with Gasteiger partial charge in [-0.05, 0) is 74.0 Å². The quantitative estimate of drug-likeness (QED) is 0.853. The fraction of sp³-hybridized carbons (Fsp3) is 0.222. The highest BCUT2D eigenvalue weighted by molar-refractivity contribution is 8.18. The molecule has 0 spiro atoms. The Kier molecular flexibility index (Phi) is 4.13. The van der Waals surface area contributed by atoms with E-state index in [4.69, 9.17) is 0 Å². The summed E-state index contributed by atoms with van der Waals surface area (Å²) in [5, 5.41) is 3.45. The largest absolute Gasteiger partial charge is 0.348 e. The van der Waals surface area contributed by atoms with Crippen LogP contribution in [-0.4, -0.2) is 15.6 Å². The van der Waals surface area contributed by atoms with Crippen molar-refractivity contribution in [2.24, 2.45) is 12.0 Å². The number of aliphatic imine (C=N–C) groups is 1. The third kappa shape index (κ3) is 3.24. The maximum atomic E-state index is 12.1. The van der Waals surface area contributed by atoms with Gasteiger partial charge in [0.1, 0.15) is 0 Å². The lowest BCUT2D eigenvalue weighted by Gasteiger charge is -2.01. The Morgan fingerprint density at radius 3 is 2.57 bits per heavy atom. The fourth-order valence-corrected chi connectivity index (χ4v) is 3.13. The minimum absolute atomic E-state index is 0.101. The molecule has 0 atom stereocenters. The highest BCUT2D eigenvalue weighted by Crippen LogP contribution is 2.28. The number of rotatable bonds is 2.